The van der Waals surface area contributed by atoms with Crippen LogP contribution in [0.15, 0.2) is 42.0 Å². The zero-order valence-electron chi connectivity index (χ0n) is 18.6. The Hall–Kier alpha value is -3.23. The Bertz CT molecular complexity index is 1080. The first-order valence-electron chi connectivity index (χ1n) is 10.5. The van der Waals surface area contributed by atoms with Crippen LogP contribution in [-0.2, 0) is 14.3 Å². The number of likely N-dealkylation sites (tertiary alicyclic amines) is 1. The Morgan fingerprint density at radius 3 is 2.45 bits per heavy atom. The molecule has 0 spiro atoms. The minimum absolute atomic E-state index is 0.0564. The van der Waals surface area contributed by atoms with Crippen LogP contribution in [0.3, 0.4) is 0 Å². The fourth-order valence-electron chi connectivity index (χ4n) is 3.71. The summed E-state index contributed by atoms with van der Waals surface area (Å²) in [7, 11) is 1.48. The highest BCUT2D eigenvalue weighted by molar-refractivity contribution is 6.46. The van der Waals surface area contributed by atoms with E-state index in [9.17, 15) is 19.8 Å². The van der Waals surface area contributed by atoms with Gasteiger partial charge in [-0.2, -0.15) is 0 Å². The molecule has 0 bridgehead atoms. The van der Waals surface area contributed by atoms with Crippen molar-refractivity contribution in [3.8, 4) is 17.2 Å². The molecule has 176 valence electrons. The first-order valence-corrected chi connectivity index (χ1v) is 10.9. The summed E-state index contributed by atoms with van der Waals surface area (Å²) in [6.45, 7) is 4.70. The molecule has 1 fully saturated rings. The average molecular weight is 476 g/mol. The number of ketones is 1. The van der Waals surface area contributed by atoms with Crippen LogP contribution in [0.5, 0.6) is 17.2 Å². The Labute approximate surface area is 196 Å². The van der Waals surface area contributed by atoms with E-state index in [0.29, 0.717) is 30.3 Å². The molecule has 3 rings (SSSR count). The standard InChI is InChI=1S/C24H26ClNO7/c1-4-32-15-7-8-16(19(13-15)33-5-2)22(28)20-21(14-6-9-18(27)17(25)12-14)26(10-11-31-3)24(30)23(20)29/h6-9,12-13,21,27-28H,4-5,10-11H2,1-3H3/b22-20-. The van der Waals surface area contributed by atoms with E-state index >= 15 is 0 Å². The zero-order valence-corrected chi connectivity index (χ0v) is 19.4. The van der Waals surface area contributed by atoms with Crippen molar-refractivity contribution in [1.82, 2.24) is 4.90 Å². The van der Waals surface area contributed by atoms with Gasteiger partial charge >= 0.3 is 0 Å². The maximum absolute atomic E-state index is 13.1. The lowest BCUT2D eigenvalue weighted by molar-refractivity contribution is -0.140. The van der Waals surface area contributed by atoms with Gasteiger partial charge in [-0.15, -0.1) is 0 Å². The van der Waals surface area contributed by atoms with E-state index in [0.717, 1.165) is 0 Å². The summed E-state index contributed by atoms with van der Waals surface area (Å²) >= 11 is 6.10. The first kappa shape index (κ1) is 24.4. The average Bonchev–Trinajstić information content (AvgIpc) is 3.04. The van der Waals surface area contributed by atoms with E-state index in [2.05, 4.69) is 0 Å². The molecule has 0 aromatic heterocycles. The lowest BCUT2D eigenvalue weighted by atomic mass is 9.95. The highest BCUT2D eigenvalue weighted by Gasteiger charge is 2.46. The first-order chi connectivity index (χ1) is 15.8. The summed E-state index contributed by atoms with van der Waals surface area (Å²) in [6, 6.07) is 8.29. The van der Waals surface area contributed by atoms with Crippen molar-refractivity contribution in [3.05, 3.63) is 58.1 Å². The molecule has 2 N–H and O–H groups in total. The SMILES string of the molecule is CCOc1ccc(/C(O)=C2/C(=O)C(=O)N(CCOC)C2c2ccc(O)c(Cl)c2)c(OCC)c1. The van der Waals surface area contributed by atoms with Crippen LogP contribution >= 0.6 is 11.6 Å². The van der Waals surface area contributed by atoms with Gasteiger partial charge in [-0.05, 0) is 43.7 Å². The molecular formula is C24H26ClNO7. The van der Waals surface area contributed by atoms with Crippen molar-refractivity contribution in [3.63, 3.8) is 0 Å². The molecule has 2 aromatic rings. The van der Waals surface area contributed by atoms with Gasteiger partial charge in [0.15, 0.2) is 0 Å². The van der Waals surface area contributed by atoms with E-state index in [-0.39, 0.29) is 40.8 Å². The number of methoxy groups -OCH3 is 1. The number of amides is 1. The van der Waals surface area contributed by atoms with Crippen LogP contribution in [-0.4, -0.2) is 60.3 Å². The van der Waals surface area contributed by atoms with Gasteiger partial charge in [0.25, 0.3) is 11.7 Å². The summed E-state index contributed by atoms with van der Waals surface area (Å²) in [6.07, 6.45) is 0. The number of ether oxygens (including phenoxy) is 3. The van der Waals surface area contributed by atoms with Crippen LogP contribution in [0.1, 0.15) is 31.0 Å². The smallest absolute Gasteiger partial charge is 0.295 e. The zero-order chi connectivity index (χ0) is 24.1. The van der Waals surface area contributed by atoms with Gasteiger partial charge in [0, 0.05) is 19.7 Å². The van der Waals surface area contributed by atoms with Crippen molar-refractivity contribution in [2.75, 3.05) is 33.5 Å². The number of carbonyl (C=O) groups is 2. The second-order valence-corrected chi connectivity index (χ2v) is 7.63. The fraction of sp³-hybridized carbons (Fsp3) is 0.333. The molecule has 0 saturated carbocycles. The topological polar surface area (TPSA) is 106 Å². The molecular weight excluding hydrogens is 450 g/mol. The highest BCUT2D eigenvalue weighted by Crippen LogP contribution is 2.42. The molecule has 1 amide bonds. The second kappa shape index (κ2) is 10.6. The van der Waals surface area contributed by atoms with Crippen LogP contribution in [0.25, 0.3) is 5.76 Å². The molecule has 1 heterocycles. The Morgan fingerprint density at radius 1 is 1.09 bits per heavy atom. The summed E-state index contributed by atoms with van der Waals surface area (Å²) in [4.78, 5) is 27.3. The third-order valence-corrected chi connectivity index (χ3v) is 5.49. The molecule has 0 aliphatic carbocycles. The summed E-state index contributed by atoms with van der Waals surface area (Å²) in [5.74, 6) is -1.28. The Morgan fingerprint density at radius 2 is 1.82 bits per heavy atom. The lowest BCUT2D eigenvalue weighted by Gasteiger charge is -2.25. The number of hydrogen-bond donors (Lipinski definition) is 2. The third kappa shape index (κ3) is 4.91. The van der Waals surface area contributed by atoms with Gasteiger partial charge in [-0.3, -0.25) is 9.59 Å². The molecule has 9 heteroatoms. The summed E-state index contributed by atoms with van der Waals surface area (Å²) in [5.41, 5.74) is 0.599. The number of nitrogens with zero attached hydrogens (tertiary/aromatic N) is 1. The van der Waals surface area contributed by atoms with Crippen LogP contribution in [0.2, 0.25) is 5.02 Å². The number of phenols is 1. The Kier molecular flexibility index (Phi) is 7.84. The number of phenolic OH excluding ortho intramolecular Hbond substituents is 1. The molecule has 1 aliphatic heterocycles. The van der Waals surface area contributed by atoms with Crippen molar-refractivity contribution in [1.29, 1.82) is 0 Å². The number of aliphatic hydroxyl groups is 1. The minimum atomic E-state index is -0.931. The van der Waals surface area contributed by atoms with E-state index in [1.54, 1.807) is 31.2 Å². The predicted molar refractivity (Wildman–Crippen MR) is 123 cm³/mol. The number of Topliss-reactive ketones (excluding diaryl/α,β-unsaturated/α-hetero) is 1. The van der Waals surface area contributed by atoms with Crippen LogP contribution in [0, 0.1) is 0 Å². The molecule has 1 unspecified atom stereocenters. The summed E-state index contributed by atoms with van der Waals surface area (Å²) < 4.78 is 16.3. The number of rotatable bonds is 9. The molecule has 1 aliphatic rings. The van der Waals surface area contributed by atoms with Gasteiger partial charge < -0.3 is 29.3 Å². The number of carbonyl (C=O) groups excluding carboxylic acids is 2. The van der Waals surface area contributed by atoms with Crippen molar-refractivity contribution in [2.45, 2.75) is 19.9 Å². The summed E-state index contributed by atoms with van der Waals surface area (Å²) in [5, 5.41) is 21.2. The van der Waals surface area contributed by atoms with E-state index in [1.807, 2.05) is 6.92 Å². The quantitative estimate of drug-likeness (QED) is 0.322. The largest absolute Gasteiger partial charge is 0.507 e. The van der Waals surface area contributed by atoms with Crippen LogP contribution < -0.4 is 9.47 Å². The number of aromatic hydroxyl groups is 1. The molecule has 0 radical (unpaired) electrons. The van der Waals surface area contributed by atoms with Crippen LogP contribution in [0.4, 0.5) is 0 Å². The van der Waals surface area contributed by atoms with E-state index in [4.69, 9.17) is 25.8 Å². The predicted octanol–water partition coefficient (Wildman–Crippen LogP) is 3.91. The van der Waals surface area contributed by atoms with E-state index < -0.39 is 17.7 Å². The maximum Gasteiger partial charge on any atom is 0.295 e. The molecule has 1 saturated heterocycles. The van der Waals surface area contributed by atoms with Crippen molar-refractivity contribution < 1.29 is 34.0 Å². The number of hydrogen-bond acceptors (Lipinski definition) is 7. The van der Waals surface area contributed by atoms with Gasteiger partial charge in [-0.25, -0.2) is 0 Å². The number of halogens is 1. The number of aliphatic hydroxyl groups excluding tert-OH is 1. The molecule has 8 nitrogen and oxygen atoms in total. The molecule has 1 atom stereocenters. The van der Waals surface area contributed by atoms with Crippen molar-refractivity contribution >= 4 is 29.1 Å². The lowest BCUT2D eigenvalue weighted by Crippen LogP contribution is -2.32. The van der Waals surface area contributed by atoms with Gasteiger partial charge in [-0.1, -0.05) is 17.7 Å². The highest BCUT2D eigenvalue weighted by atomic mass is 35.5. The van der Waals surface area contributed by atoms with E-state index in [1.165, 1.54) is 24.1 Å². The van der Waals surface area contributed by atoms with Gasteiger partial charge in [0.2, 0.25) is 0 Å². The monoisotopic (exact) mass is 475 g/mol. The van der Waals surface area contributed by atoms with Crippen molar-refractivity contribution in [2.24, 2.45) is 0 Å². The Balaban J connectivity index is 2.21. The van der Waals surface area contributed by atoms with Gasteiger partial charge in [0.1, 0.15) is 23.0 Å². The maximum atomic E-state index is 13.1. The normalized spacial score (nSPS) is 17.5. The molecule has 33 heavy (non-hydrogen) atoms. The minimum Gasteiger partial charge on any atom is -0.507 e. The number of benzene rings is 2. The third-order valence-electron chi connectivity index (χ3n) is 5.18. The van der Waals surface area contributed by atoms with Gasteiger partial charge in [0.05, 0.1) is 42.0 Å². The fourth-order valence-corrected chi connectivity index (χ4v) is 3.90. The second-order valence-electron chi connectivity index (χ2n) is 7.22. The molecule has 2 aromatic carbocycles.